The molecule has 138 valence electrons. The summed E-state index contributed by atoms with van der Waals surface area (Å²) in [5.41, 5.74) is 2.31. The van der Waals surface area contributed by atoms with Gasteiger partial charge in [0.05, 0.1) is 30.3 Å². The summed E-state index contributed by atoms with van der Waals surface area (Å²) in [7, 11) is -2.17. The highest BCUT2D eigenvalue weighted by atomic mass is 32.2. The van der Waals surface area contributed by atoms with Crippen LogP contribution in [0.1, 0.15) is 25.0 Å². The van der Waals surface area contributed by atoms with E-state index in [0.29, 0.717) is 23.8 Å². The van der Waals surface area contributed by atoms with Gasteiger partial charge in [-0.1, -0.05) is 17.7 Å². The molecule has 0 aliphatic carbocycles. The molecular weight excluding hydrogens is 350 g/mol. The molecule has 6 heteroatoms. The normalized spacial score (nSPS) is 16.7. The van der Waals surface area contributed by atoms with E-state index in [-0.39, 0.29) is 10.9 Å². The van der Waals surface area contributed by atoms with Gasteiger partial charge in [0.2, 0.25) is 0 Å². The number of rotatable bonds is 5. The van der Waals surface area contributed by atoms with Gasteiger partial charge in [0.25, 0.3) is 10.0 Å². The number of ether oxygens (including phenoxy) is 2. The fourth-order valence-electron chi connectivity index (χ4n) is 3.08. The van der Waals surface area contributed by atoms with Crippen LogP contribution in [0.25, 0.3) is 5.76 Å². The van der Waals surface area contributed by atoms with Gasteiger partial charge in [0.15, 0.2) is 0 Å². The number of hydrogen-bond donors (Lipinski definition) is 0. The molecule has 0 saturated heterocycles. The minimum absolute atomic E-state index is 0.261. The van der Waals surface area contributed by atoms with Crippen LogP contribution in [-0.4, -0.2) is 28.2 Å². The van der Waals surface area contributed by atoms with Gasteiger partial charge < -0.3 is 9.47 Å². The fraction of sp³-hybridized carbons (Fsp3) is 0.300. The highest BCUT2D eigenvalue weighted by Crippen LogP contribution is 2.40. The zero-order valence-electron chi connectivity index (χ0n) is 15.4. The standard InChI is InChI=1S/C20H23NO4S/c1-5-25-20-12-15(3)21(19-13-16(24-4)8-11-18(19)20)26(22,23)17-9-6-14(2)7-10-17/h6-13,15H,5H2,1-4H3/t15-/m1/s1. The van der Waals surface area contributed by atoms with Gasteiger partial charge in [-0.2, -0.15) is 0 Å². The minimum Gasteiger partial charge on any atom is -0.497 e. The van der Waals surface area contributed by atoms with E-state index >= 15 is 0 Å². The lowest BCUT2D eigenvalue weighted by molar-refractivity contribution is 0.296. The summed E-state index contributed by atoms with van der Waals surface area (Å²) in [5.74, 6) is 1.28. The van der Waals surface area contributed by atoms with E-state index in [1.54, 1.807) is 43.5 Å². The Kier molecular flexibility index (Phi) is 4.96. The van der Waals surface area contributed by atoms with Crippen LogP contribution >= 0.6 is 0 Å². The molecule has 5 nitrogen and oxygen atoms in total. The molecule has 1 atom stereocenters. The summed E-state index contributed by atoms with van der Waals surface area (Å²) in [4.78, 5) is 0.261. The SMILES string of the molecule is CCOC1=C[C@@H](C)N(S(=O)(=O)c2ccc(C)cc2)c2cc(OC)ccc21. The van der Waals surface area contributed by atoms with Crippen LogP contribution in [0.2, 0.25) is 0 Å². The van der Waals surface area contributed by atoms with Crippen LogP contribution in [0.4, 0.5) is 5.69 Å². The van der Waals surface area contributed by atoms with Crippen molar-refractivity contribution in [3.05, 3.63) is 59.7 Å². The second kappa shape index (κ2) is 7.03. The van der Waals surface area contributed by atoms with Crippen LogP contribution in [0.5, 0.6) is 5.75 Å². The van der Waals surface area contributed by atoms with Crippen LogP contribution < -0.4 is 9.04 Å². The maximum absolute atomic E-state index is 13.4. The van der Waals surface area contributed by atoms with E-state index in [4.69, 9.17) is 9.47 Å². The van der Waals surface area contributed by atoms with Crippen molar-refractivity contribution in [3.63, 3.8) is 0 Å². The minimum atomic E-state index is -3.73. The summed E-state index contributed by atoms with van der Waals surface area (Å²) >= 11 is 0. The number of anilines is 1. The third-order valence-electron chi connectivity index (χ3n) is 4.35. The molecule has 1 heterocycles. The lowest BCUT2D eigenvalue weighted by atomic mass is 10.0. The van der Waals surface area contributed by atoms with E-state index in [2.05, 4.69) is 0 Å². The molecule has 0 amide bonds. The molecule has 0 saturated carbocycles. The number of aryl methyl sites for hydroxylation is 1. The van der Waals surface area contributed by atoms with Crippen molar-refractivity contribution >= 4 is 21.5 Å². The number of fused-ring (bicyclic) bond motifs is 1. The maximum atomic E-state index is 13.4. The first-order valence-electron chi connectivity index (χ1n) is 8.52. The molecule has 0 spiro atoms. The summed E-state index contributed by atoms with van der Waals surface area (Å²) in [5, 5.41) is 0. The lowest BCUT2D eigenvalue weighted by Gasteiger charge is -2.35. The second-order valence-corrected chi connectivity index (χ2v) is 8.02. The van der Waals surface area contributed by atoms with Crippen molar-refractivity contribution in [2.75, 3.05) is 18.0 Å². The Morgan fingerprint density at radius 3 is 2.42 bits per heavy atom. The average molecular weight is 373 g/mol. The number of methoxy groups -OCH3 is 1. The molecule has 0 radical (unpaired) electrons. The Bertz CT molecular complexity index is 933. The third-order valence-corrected chi connectivity index (χ3v) is 6.26. The first kappa shape index (κ1) is 18.3. The van der Waals surface area contributed by atoms with Crippen molar-refractivity contribution in [1.82, 2.24) is 0 Å². The summed E-state index contributed by atoms with van der Waals surface area (Å²) in [6, 6.07) is 11.9. The monoisotopic (exact) mass is 373 g/mol. The lowest BCUT2D eigenvalue weighted by Crippen LogP contribution is -2.40. The van der Waals surface area contributed by atoms with Crippen molar-refractivity contribution in [1.29, 1.82) is 0 Å². The van der Waals surface area contributed by atoms with E-state index in [1.165, 1.54) is 4.31 Å². The Morgan fingerprint density at radius 1 is 1.12 bits per heavy atom. The van der Waals surface area contributed by atoms with Gasteiger partial charge >= 0.3 is 0 Å². The van der Waals surface area contributed by atoms with Crippen LogP contribution in [-0.2, 0) is 14.8 Å². The Hall–Kier alpha value is -2.47. The number of benzene rings is 2. The highest BCUT2D eigenvalue weighted by Gasteiger charge is 2.35. The van der Waals surface area contributed by atoms with Gasteiger partial charge in [-0.15, -0.1) is 0 Å². The Morgan fingerprint density at radius 2 is 1.81 bits per heavy atom. The molecule has 1 aliphatic heterocycles. The summed E-state index contributed by atoms with van der Waals surface area (Å²) < 4.78 is 39.2. The average Bonchev–Trinajstić information content (AvgIpc) is 2.61. The number of sulfonamides is 1. The molecule has 1 aliphatic rings. The molecule has 0 unspecified atom stereocenters. The Balaban J connectivity index is 2.17. The zero-order chi connectivity index (χ0) is 18.9. The number of nitrogens with zero attached hydrogens (tertiary/aromatic N) is 1. The topological polar surface area (TPSA) is 55.8 Å². The molecular formula is C20H23NO4S. The van der Waals surface area contributed by atoms with Gasteiger partial charge in [0, 0.05) is 11.6 Å². The summed E-state index contributed by atoms with van der Waals surface area (Å²) in [6.07, 6.45) is 1.84. The first-order chi connectivity index (χ1) is 12.4. The van der Waals surface area contributed by atoms with Crippen LogP contribution in [0.3, 0.4) is 0 Å². The smallest absolute Gasteiger partial charge is 0.264 e. The fourth-order valence-corrected chi connectivity index (χ4v) is 4.69. The zero-order valence-corrected chi connectivity index (χ0v) is 16.2. The highest BCUT2D eigenvalue weighted by molar-refractivity contribution is 7.92. The van der Waals surface area contributed by atoms with E-state index in [9.17, 15) is 8.42 Å². The van der Waals surface area contributed by atoms with Crippen molar-refractivity contribution < 1.29 is 17.9 Å². The van der Waals surface area contributed by atoms with E-state index in [1.807, 2.05) is 32.9 Å². The second-order valence-electron chi connectivity index (χ2n) is 6.20. The quantitative estimate of drug-likeness (QED) is 0.795. The molecule has 26 heavy (non-hydrogen) atoms. The predicted octanol–water partition coefficient (Wildman–Crippen LogP) is 3.98. The van der Waals surface area contributed by atoms with Crippen molar-refractivity contribution in [3.8, 4) is 5.75 Å². The third kappa shape index (κ3) is 3.17. The molecule has 2 aromatic rings. The van der Waals surface area contributed by atoms with Gasteiger partial charge in [-0.25, -0.2) is 8.42 Å². The Labute approximate surface area is 154 Å². The molecule has 0 bridgehead atoms. The molecule has 0 aromatic heterocycles. The van der Waals surface area contributed by atoms with Crippen molar-refractivity contribution in [2.24, 2.45) is 0 Å². The van der Waals surface area contributed by atoms with E-state index in [0.717, 1.165) is 11.1 Å². The summed E-state index contributed by atoms with van der Waals surface area (Å²) in [6.45, 7) is 6.18. The molecule has 3 rings (SSSR count). The van der Waals surface area contributed by atoms with Gasteiger partial charge in [0.1, 0.15) is 11.5 Å². The number of hydrogen-bond acceptors (Lipinski definition) is 4. The first-order valence-corrected chi connectivity index (χ1v) is 9.96. The molecule has 2 aromatic carbocycles. The molecule has 0 fully saturated rings. The van der Waals surface area contributed by atoms with E-state index < -0.39 is 10.0 Å². The van der Waals surface area contributed by atoms with Gasteiger partial charge in [-0.3, -0.25) is 4.31 Å². The largest absolute Gasteiger partial charge is 0.497 e. The van der Waals surface area contributed by atoms with Crippen molar-refractivity contribution in [2.45, 2.75) is 31.7 Å². The van der Waals surface area contributed by atoms with Crippen LogP contribution in [0.15, 0.2) is 53.4 Å². The van der Waals surface area contributed by atoms with Gasteiger partial charge in [-0.05, 0) is 51.1 Å². The van der Waals surface area contributed by atoms with Crippen LogP contribution in [0, 0.1) is 6.92 Å². The maximum Gasteiger partial charge on any atom is 0.264 e. The predicted molar refractivity (Wildman–Crippen MR) is 103 cm³/mol. The molecule has 0 N–H and O–H groups in total.